The molecule has 0 unspecified atom stereocenters. The van der Waals surface area contributed by atoms with E-state index in [4.69, 9.17) is 16.3 Å². The fourth-order valence-corrected chi connectivity index (χ4v) is 3.11. The van der Waals surface area contributed by atoms with E-state index in [0.717, 1.165) is 39.4 Å². The minimum absolute atomic E-state index is 0.481. The van der Waals surface area contributed by atoms with Crippen molar-refractivity contribution in [1.82, 2.24) is 5.32 Å². The predicted molar refractivity (Wildman–Crippen MR) is 119 cm³/mol. The van der Waals surface area contributed by atoms with Crippen LogP contribution >= 0.6 is 11.6 Å². The molecule has 0 fully saturated rings. The molecular weight excluding hydrogens is 368 g/mol. The Labute approximate surface area is 171 Å². The van der Waals surface area contributed by atoms with Crippen molar-refractivity contribution in [3.63, 3.8) is 0 Å². The Morgan fingerprint density at radius 1 is 1.00 bits per heavy atom. The van der Waals surface area contributed by atoms with E-state index in [2.05, 4.69) is 35.1 Å². The first kappa shape index (κ1) is 19.7. The molecule has 3 aromatic rings. The molecule has 0 amide bonds. The van der Waals surface area contributed by atoms with Crippen LogP contribution in [0.1, 0.15) is 18.1 Å². The summed E-state index contributed by atoms with van der Waals surface area (Å²) in [7, 11) is 1.66. The van der Waals surface area contributed by atoms with Crippen molar-refractivity contribution in [3.8, 4) is 16.9 Å². The third-order valence-electron chi connectivity index (χ3n) is 4.37. The van der Waals surface area contributed by atoms with Crippen LogP contribution in [0.4, 0.5) is 5.69 Å². The molecule has 0 aliphatic heterocycles. The van der Waals surface area contributed by atoms with Gasteiger partial charge in [-0.15, -0.1) is 0 Å². The van der Waals surface area contributed by atoms with E-state index in [1.54, 1.807) is 14.0 Å². The first-order chi connectivity index (χ1) is 13.6. The third-order valence-corrected chi connectivity index (χ3v) is 4.45. The molecule has 0 bridgehead atoms. The van der Waals surface area contributed by atoms with Crippen molar-refractivity contribution in [2.75, 3.05) is 7.11 Å². The van der Waals surface area contributed by atoms with Crippen molar-refractivity contribution in [2.45, 2.75) is 13.5 Å². The van der Waals surface area contributed by atoms with Gasteiger partial charge in [0.2, 0.25) is 0 Å². The van der Waals surface area contributed by atoms with Crippen LogP contribution in [0.5, 0.6) is 5.75 Å². The van der Waals surface area contributed by atoms with E-state index in [1.165, 1.54) is 0 Å². The second-order valence-electron chi connectivity index (χ2n) is 6.35. The number of methoxy groups -OCH3 is 1. The Bertz CT molecular complexity index is 975. The molecule has 4 heteroatoms. The van der Waals surface area contributed by atoms with E-state index < -0.39 is 0 Å². The number of aliphatic imine (C=N–C) groups is 1. The van der Waals surface area contributed by atoms with Crippen LogP contribution in [-0.4, -0.2) is 12.3 Å². The lowest BCUT2D eigenvalue weighted by molar-refractivity contribution is 0.414. The van der Waals surface area contributed by atoms with Gasteiger partial charge in [-0.05, 0) is 41.8 Å². The molecule has 0 saturated carbocycles. The number of nitrogens with one attached hydrogen (secondary N) is 1. The van der Waals surface area contributed by atoms with Crippen LogP contribution < -0.4 is 10.1 Å². The molecule has 3 rings (SSSR count). The minimum atomic E-state index is 0.481. The highest BCUT2D eigenvalue weighted by Gasteiger charge is 2.13. The van der Waals surface area contributed by atoms with Crippen molar-refractivity contribution in [2.24, 2.45) is 4.99 Å². The maximum Gasteiger partial charge on any atom is 0.118 e. The second-order valence-corrected chi connectivity index (χ2v) is 6.90. The van der Waals surface area contributed by atoms with Gasteiger partial charge >= 0.3 is 0 Å². The van der Waals surface area contributed by atoms with Crippen LogP contribution in [0.3, 0.4) is 0 Å². The quantitative estimate of drug-likeness (QED) is 0.473. The summed E-state index contributed by atoms with van der Waals surface area (Å²) in [5.74, 6) is 0.839. The van der Waals surface area contributed by atoms with Crippen molar-refractivity contribution in [3.05, 3.63) is 90.5 Å². The lowest BCUT2D eigenvalue weighted by atomic mass is 9.96. The number of hydrogen-bond donors (Lipinski definition) is 1. The van der Waals surface area contributed by atoms with E-state index in [-0.39, 0.29) is 0 Å². The molecule has 3 nitrogen and oxygen atoms in total. The van der Waals surface area contributed by atoms with Crippen LogP contribution in [0, 0.1) is 0 Å². The van der Waals surface area contributed by atoms with Gasteiger partial charge in [0.1, 0.15) is 10.9 Å². The Kier molecular flexibility index (Phi) is 6.51. The number of halogens is 1. The minimum Gasteiger partial charge on any atom is -0.497 e. The smallest absolute Gasteiger partial charge is 0.118 e. The first-order valence-corrected chi connectivity index (χ1v) is 9.41. The summed E-state index contributed by atoms with van der Waals surface area (Å²) in [6.45, 7) is 6.70. The highest BCUT2D eigenvalue weighted by Crippen LogP contribution is 2.35. The van der Waals surface area contributed by atoms with Crippen molar-refractivity contribution < 1.29 is 4.74 Å². The molecule has 1 N–H and O–H groups in total. The number of ether oxygens (including phenoxy) is 1. The van der Waals surface area contributed by atoms with Gasteiger partial charge in [-0.1, -0.05) is 72.8 Å². The number of nitrogens with zero attached hydrogens (tertiary/aromatic N) is 1. The lowest BCUT2D eigenvalue weighted by Crippen LogP contribution is -2.12. The lowest BCUT2D eigenvalue weighted by Gasteiger charge is -2.17. The molecule has 0 aromatic heterocycles. The van der Waals surface area contributed by atoms with E-state index in [0.29, 0.717) is 11.7 Å². The van der Waals surface area contributed by atoms with E-state index in [1.807, 2.05) is 54.6 Å². The molecular formula is C24H23ClN2O. The molecule has 0 heterocycles. The molecule has 0 spiro atoms. The monoisotopic (exact) mass is 390 g/mol. The van der Waals surface area contributed by atoms with Crippen LogP contribution in [0.15, 0.2) is 84.4 Å². The molecule has 142 valence electrons. The maximum absolute atomic E-state index is 6.08. The number of rotatable bonds is 7. The van der Waals surface area contributed by atoms with Crippen LogP contribution in [-0.2, 0) is 6.54 Å². The zero-order chi connectivity index (χ0) is 19.9. The van der Waals surface area contributed by atoms with Gasteiger partial charge in [0.05, 0.1) is 12.8 Å². The predicted octanol–water partition coefficient (Wildman–Crippen LogP) is 6.41. The first-order valence-electron chi connectivity index (χ1n) is 9.04. The average molecular weight is 391 g/mol. The summed E-state index contributed by atoms with van der Waals surface area (Å²) in [6, 6.07) is 24.2. The molecule has 0 aliphatic rings. The van der Waals surface area contributed by atoms with Gasteiger partial charge in [-0.25, -0.2) is 4.99 Å². The molecule has 28 heavy (non-hydrogen) atoms. The summed E-state index contributed by atoms with van der Waals surface area (Å²) in [4.78, 5) is 4.51. The molecule has 0 aliphatic carbocycles. The van der Waals surface area contributed by atoms with Gasteiger partial charge in [-0.3, -0.25) is 0 Å². The summed E-state index contributed by atoms with van der Waals surface area (Å²) in [5.41, 5.74) is 5.84. The Morgan fingerprint density at radius 3 is 2.36 bits per heavy atom. The standard InChI is InChI=1S/C24H23ClN2O/c1-17(26-16-19-12-14-21(28-3)15-13-19)24-22(20-8-5-4-6-9-20)10-7-11-23(24)27-18(2)25/h4-15,26H,1,16H2,2-3H3. The van der Waals surface area contributed by atoms with Crippen LogP contribution in [0.2, 0.25) is 0 Å². The van der Waals surface area contributed by atoms with Crippen molar-refractivity contribution in [1.29, 1.82) is 0 Å². The zero-order valence-corrected chi connectivity index (χ0v) is 16.8. The van der Waals surface area contributed by atoms with Crippen molar-refractivity contribution >= 4 is 28.2 Å². The van der Waals surface area contributed by atoms with Gasteiger partial charge in [-0.2, -0.15) is 0 Å². The molecule has 0 saturated heterocycles. The molecule has 0 atom stereocenters. The Balaban J connectivity index is 1.93. The summed E-state index contributed by atoms with van der Waals surface area (Å²) < 4.78 is 5.22. The van der Waals surface area contributed by atoms with Gasteiger partial charge in [0, 0.05) is 17.8 Å². The SMILES string of the molecule is C=C(NCc1ccc(OC)cc1)c1c(N=C(C)Cl)cccc1-c1ccccc1. The fraction of sp³-hybridized carbons (Fsp3) is 0.125. The van der Waals surface area contributed by atoms with Crippen LogP contribution in [0.25, 0.3) is 16.8 Å². The average Bonchev–Trinajstić information content (AvgIpc) is 2.72. The Hall–Kier alpha value is -3.04. The molecule has 3 aromatic carbocycles. The second kappa shape index (κ2) is 9.25. The normalized spacial score (nSPS) is 11.2. The summed E-state index contributed by atoms with van der Waals surface area (Å²) in [5, 5.41) is 3.91. The topological polar surface area (TPSA) is 33.6 Å². The van der Waals surface area contributed by atoms with Gasteiger partial charge in [0.15, 0.2) is 0 Å². The fourth-order valence-electron chi connectivity index (χ4n) is 3.02. The summed E-state index contributed by atoms with van der Waals surface area (Å²) >= 11 is 6.08. The van der Waals surface area contributed by atoms with Gasteiger partial charge < -0.3 is 10.1 Å². The maximum atomic E-state index is 6.08. The van der Waals surface area contributed by atoms with Gasteiger partial charge in [0.25, 0.3) is 0 Å². The van der Waals surface area contributed by atoms with E-state index in [9.17, 15) is 0 Å². The van der Waals surface area contributed by atoms with E-state index >= 15 is 0 Å². The molecule has 0 radical (unpaired) electrons. The Morgan fingerprint density at radius 2 is 1.71 bits per heavy atom. The largest absolute Gasteiger partial charge is 0.497 e. The summed E-state index contributed by atoms with van der Waals surface area (Å²) in [6.07, 6.45) is 0. The highest BCUT2D eigenvalue weighted by molar-refractivity contribution is 6.65. The number of hydrogen-bond acceptors (Lipinski definition) is 3. The zero-order valence-electron chi connectivity index (χ0n) is 16.1. The third kappa shape index (κ3) is 4.81. The highest BCUT2D eigenvalue weighted by atomic mass is 35.5. The number of benzene rings is 3.